The normalized spacial score (nSPS) is 15.5. The predicted molar refractivity (Wildman–Crippen MR) is 109 cm³/mol. The molecule has 3 aromatic rings. The highest BCUT2D eigenvalue weighted by Crippen LogP contribution is 2.30. The van der Waals surface area contributed by atoms with Gasteiger partial charge in [-0.2, -0.15) is 0 Å². The number of benzene rings is 2. The maximum Gasteiger partial charge on any atom is 0.273 e. The second-order valence-electron chi connectivity index (χ2n) is 6.93. The fourth-order valence-electron chi connectivity index (χ4n) is 3.63. The number of hydrogen-bond donors (Lipinski definition) is 1. The lowest BCUT2D eigenvalue weighted by molar-refractivity contribution is 0.0929. The van der Waals surface area contributed by atoms with E-state index in [0.717, 1.165) is 29.2 Å². The molecule has 1 aliphatic rings. The number of rotatable bonds is 6. The molecule has 1 saturated heterocycles. The average Bonchev–Trinajstić information content (AvgIpc) is 3.42. The number of carbonyl (C=O) groups is 1. The van der Waals surface area contributed by atoms with E-state index in [1.54, 1.807) is 6.07 Å². The van der Waals surface area contributed by atoms with Crippen LogP contribution in [-0.2, 0) is 0 Å². The smallest absolute Gasteiger partial charge is 0.273 e. The molecule has 28 heavy (non-hydrogen) atoms. The van der Waals surface area contributed by atoms with Gasteiger partial charge in [-0.3, -0.25) is 9.69 Å². The molecule has 144 valence electrons. The Hall–Kier alpha value is -2.63. The summed E-state index contributed by atoms with van der Waals surface area (Å²) in [6.07, 6.45) is 2.33. The summed E-state index contributed by atoms with van der Waals surface area (Å²) in [4.78, 5) is 15.0. The van der Waals surface area contributed by atoms with Gasteiger partial charge in [0.05, 0.1) is 6.04 Å². The second-order valence-corrected chi connectivity index (χ2v) is 7.34. The van der Waals surface area contributed by atoms with E-state index in [2.05, 4.69) is 15.4 Å². The van der Waals surface area contributed by atoms with E-state index in [-0.39, 0.29) is 17.6 Å². The number of nitrogens with one attached hydrogen (secondary N) is 1. The molecule has 1 aromatic heterocycles. The van der Waals surface area contributed by atoms with Gasteiger partial charge in [0.15, 0.2) is 11.5 Å². The molecule has 1 unspecified atom stereocenters. The number of nitrogens with zero attached hydrogens (tertiary/aromatic N) is 2. The van der Waals surface area contributed by atoms with Crippen LogP contribution in [0.4, 0.5) is 0 Å². The van der Waals surface area contributed by atoms with Crippen LogP contribution in [0.2, 0.25) is 5.02 Å². The molecule has 1 amide bonds. The van der Waals surface area contributed by atoms with Gasteiger partial charge in [0, 0.05) is 23.2 Å². The number of carbonyl (C=O) groups excluding carboxylic acids is 1. The van der Waals surface area contributed by atoms with Crippen molar-refractivity contribution in [2.45, 2.75) is 18.9 Å². The predicted octanol–water partition coefficient (Wildman–Crippen LogP) is 4.56. The number of amides is 1. The molecule has 1 atom stereocenters. The third-order valence-electron chi connectivity index (χ3n) is 5.10. The minimum atomic E-state index is -0.248. The molecule has 0 aliphatic carbocycles. The highest BCUT2D eigenvalue weighted by molar-refractivity contribution is 6.31. The summed E-state index contributed by atoms with van der Waals surface area (Å²) in [7, 11) is 0. The van der Waals surface area contributed by atoms with Crippen molar-refractivity contribution in [3.8, 4) is 11.3 Å². The van der Waals surface area contributed by atoms with Crippen molar-refractivity contribution in [1.29, 1.82) is 0 Å². The largest absolute Gasteiger partial charge is 0.355 e. The van der Waals surface area contributed by atoms with Gasteiger partial charge in [-0.05, 0) is 37.6 Å². The Bertz CT molecular complexity index is 936. The molecule has 6 heteroatoms. The van der Waals surface area contributed by atoms with Gasteiger partial charge in [0.1, 0.15) is 0 Å². The van der Waals surface area contributed by atoms with Crippen LogP contribution in [0.5, 0.6) is 0 Å². The molecule has 1 fully saturated rings. The molecule has 2 aromatic carbocycles. The van der Waals surface area contributed by atoms with Crippen molar-refractivity contribution in [3.63, 3.8) is 0 Å². The number of likely N-dealkylation sites (tertiary alicyclic amines) is 1. The quantitative estimate of drug-likeness (QED) is 0.664. The minimum Gasteiger partial charge on any atom is -0.355 e. The summed E-state index contributed by atoms with van der Waals surface area (Å²) in [6.45, 7) is 2.48. The Kier molecular flexibility index (Phi) is 5.74. The fourth-order valence-corrected chi connectivity index (χ4v) is 3.90. The molecule has 5 nitrogen and oxygen atoms in total. The van der Waals surface area contributed by atoms with E-state index in [4.69, 9.17) is 16.1 Å². The average molecular weight is 396 g/mol. The summed E-state index contributed by atoms with van der Waals surface area (Å²) in [5, 5.41) is 7.66. The van der Waals surface area contributed by atoms with Crippen molar-refractivity contribution in [1.82, 2.24) is 15.4 Å². The minimum absolute atomic E-state index is 0.0423. The van der Waals surface area contributed by atoms with Crippen LogP contribution in [0.3, 0.4) is 0 Å². The van der Waals surface area contributed by atoms with Crippen LogP contribution < -0.4 is 5.32 Å². The zero-order valence-electron chi connectivity index (χ0n) is 15.5. The van der Waals surface area contributed by atoms with Crippen molar-refractivity contribution in [2.75, 3.05) is 19.6 Å². The van der Waals surface area contributed by atoms with Gasteiger partial charge < -0.3 is 9.84 Å². The number of hydrogen-bond acceptors (Lipinski definition) is 4. The molecular formula is C22H22ClN3O2. The van der Waals surface area contributed by atoms with Gasteiger partial charge in [0.25, 0.3) is 5.91 Å². The summed E-state index contributed by atoms with van der Waals surface area (Å²) in [6, 6.07) is 19.1. The number of halogens is 1. The van der Waals surface area contributed by atoms with Crippen LogP contribution in [-0.4, -0.2) is 35.6 Å². The molecule has 4 rings (SSSR count). The van der Waals surface area contributed by atoms with E-state index in [9.17, 15) is 4.79 Å². The molecule has 0 bridgehead atoms. The molecular weight excluding hydrogens is 374 g/mol. The van der Waals surface area contributed by atoms with E-state index in [0.29, 0.717) is 12.3 Å². The molecule has 0 saturated carbocycles. The fraction of sp³-hybridized carbons (Fsp3) is 0.273. The van der Waals surface area contributed by atoms with Crippen molar-refractivity contribution in [2.24, 2.45) is 0 Å². The lowest BCUT2D eigenvalue weighted by Crippen LogP contribution is -2.37. The van der Waals surface area contributed by atoms with Gasteiger partial charge in [-0.1, -0.05) is 65.3 Å². The first-order valence-corrected chi connectivity index (χ1v) is 9.89. The van der Waals surface area contributed by atoms with Crippen molar-refractivity contribution < 1.29 is 9.32 Å². The van der Waals surface area contributed by atoms with Crippen LogP contribution in [0.15, 0.2) is 65.2 Å². The van der Waals surface area contributed by atoms with Gasteiger partial charge in [-0.25, -0.2) is 0 Å². The van der Waals surface area contributed by atoms with Crippen LogP contribution in [0, 0.1) is 0 Å². The van der Waals surface area contributed by atoms with Crippen molar-refractivity contribution >= 4 is 17.5 Å². The Balaban J connectivity index is 1.47. The molecule has 1 aliphatic heterocycles. The van der Waals surface area contributed by atoms with E-state index in [1.807, 2.05) is 54.6 Å². The van der Waals surface area contributed by atoms with Gasteiger partial charge in [0.2, 0.25) is 0 Å². The van der Waals surface area contributed by atoms with Crippen LogP contribution in [0.1, 0.15) is 34.9 Å². The lowest BCUT2D eigenvalue weighted by Gasteiger charge is -2.28. The summed E-state index contributed by atoms with van der Waals surface area (Å²) in [5.74, 6) is 0.329. The Morgan fingerprint density at radius 1 is 1.11 bits per heavy atom. The second kappa shape index (κ2) is 8.59. The highest BCUT2D eigenvalue weighted by Gasteiger charge is 2.26. The standard InChI is InChI=1S/C22H22ClN3O2/c23-18-11-5-4-10-17(18)20(26-12-6-7-13-26)15-24-22(27)19-14-21(28-25-19)16-8-2-1-3-9-16/h1-5,8-11,14,20H,6-7,12-13,15H2,(H,24,27). The molecule has 0 spiro atoms. The topological polar surface area (TPSA) is 58.4 Å². The molecule has 1 N–H and O–H groups in total. The zero-order chi connectivity index (χ0) is 19.3. The summed E-state index contributed by atoms with van der Waals surface area (Å²) in [5.41, 5.74) is 2.20. The van der Waals surface area contributed by atoms with E-state index < -0.39 is 0 Å². The number of aromatic nitrogens is 1. The zero-order valence-corrected chi connectivity index (χ0v) is 16.2. The van der Waals surface area contributed by atoms with Crippen LogP contribution in [0.25, 0.3) is 11.3 Å². The lowest BCUT2D eigenvalue weighted by atomic mass is 10.1. The Morgan fingerprint density at radius 3 is 2.57 bits per heavy atom. The first-order chi connectivity index (χ1) is 13.7. The van der Waals surface area contributed by atoms with Gasteiger partial charge in [-0.15, -0.1) is 0 Å². The maximum atomic E-state index is 12.6. The summed E-state index contributed by atoms with van der Waals surface area (Å²) >= 11 is 6.43. The van der Waals surface area contributed by atoms with Crippen molar-refractivity contribution in [3.05, 3.63) is 76.9 Å². The molecule has 2 heterocycles. The first-order valence-electron chi connectivity index (χ1n) is 9.51. The Morgan fingerprint density at radius 2 is 1.82 bits per heavy atom. The van der Waals surface area contributed by atoms with E-state index in [1.165, 1.54) is 12.8 Å². The first kappa shape index (κ1) is 18.7. The third kappa shape index (κ3) is 4.11. The maximum absolute atomic E-state index is 12.6. The monoisotopic (exact) mass is 395 g/mol. The highest BCUT2D eigenvalue weighted by atomic mass is 35.5. The summed E-state index contributed by atoms with van der Waals surface area (Å²) < 4.78 is 5.34. The van der Waals surface area contributed by atoms with Crippen LogP contribution >= 0.6 is 11.6 Å². The SMILES string of the molecule is O=C(NCC(c1ccccc1Cl)N1CCCC1)c1cc(-c2ccccc2)on1. The molecule has 0 radical (unpaired) electrons. The third-order valence-corrected chi connectivity index (χ3v) is 5.45. The Labute approximate surface area is 169 Å². The van der Waals surface area contributed by atoms with E-state index >= 15 is 0 Å². The van der Waals surface area contributed by atoms with Gasteiger partial charge >= 0.3 is 0 Å².